The molecule has 0 radical (unpaired) electrons. The Labute approximate surface area is 325 Å². The number of carbonyl (C=O) groups excluding carboxylic acids is 2. The van der Waals surface area contributed by atoms with Crippen LogP contribution in [0.1, 0.15) is 181 Å². The van der Waals surface area contributed by atoms with Crippen LogP contribution in [0.5, 0.6) is 23.0 Å². The summed E-state index contributed by atoms with van der Waals surface area (Å²) < 4.78 is 22.3. The number of esters is 2. The third-order valence-corrected chi connectivity index (χ3v) is 9.57. The lowest BCUT2D eigenvalue weighted by atomic mass is 10.1. The van der Waals surface area contributed by atoms with Crippen molar-refractivity contribution in [2.45, 2.75) is 181 Å². The van der Waals surface area contributed by atoms with Gasteiger partial charge in [-0.25, -0.2) is 0 Å². The third kappa shape index (κ3) is 23.9. The van der Waals surface area contributed by atoms with Crippen molar-refractivity contribution in [3.63, 3.8) is 0 Å². The first-order valence-electron chi connectivity index (χ1n) is 21.4. The Balaban J connectivity index is 1.58. The maximum absolute atomic E-state index is 12.5. The van der Waals surface area contributed by atoms with Crippen LogP contribution < -0.4 is 29.8 Å². The average molecular weight is 751 g/mol. The highest BCUT2D eigenvalue weighted by Crippen LogP contribution is 2.17. The average Bonchev–Trinajstić information content (AvgIpc) is 3.45. The van der Waals surface area contributed by atoms with Crippen molar-refractivity contribution in [3.05, 3.63) is 69.0 Å². The van der Waals surface area contributed by atoms with Gasteiger partial charge >= 0.3 is 11.9 Å². The van der Waals surface area contributed by atoms with Crippen LogP contribution in [0.3, 0.4) is 0 Å². The molecule has 8 nitrogen and oxygen atoms in total. The molecule has 2 rings (SSSR count). The van der Waals surface area contributed by atoms with Gasteiger partial charge in [0, 0.05) is 12.8 Å². The largest absolute Gasteiger partial charge is 0.494 e. The van der Waals surface area contributed by atoms with Crippen LogP contribution in [-0.4, -0.2) is 25.2 Å². The lowest BCUT2D eigenvalue weighted by molar-refractivity contribution is -0.135. The molecule has 0 saturated heterocycles. The maximum atomic E-state index is 12.5. The van der Waals surface area contributed by atoms with Gasteiger partial charge in [0.15, 0.2) is 11.5 Å². The smallest absolute Gasteiger partial charge is 0.311 e. The minimum absolute atomic E-state index is 0.0178. The van der Waals surface area contributed by atoms with E-state index in [2.05, 4.69) is 13.8 Å². The zero-order valence-corrected chi connectivity index (χ0v) is 33.7. The minimum Gasteiger partial charge on any atom is -0.494 e. The second kappa shape index (κ2) is 31.6. The van der Waals surface area contributed by atoms with Crippen molar-refractivity contribution in [2.24, 2.45) is 0 Å². The van der Waals surface area contributed by atoms with Gasteiger partial charge in [-0.2, -0.15) is 0 Å². The van der Waals surface area contributed by atoms with Crippen molar-refractivity contribution < 1.29 is 28.5 Å². The van der Waals surface area contributed by atoms with Crippen LogP contribution in [0, 0.1) is 0 Å². The van der Waals surface area contributed by atoms with Gasteiger partial charge in [0.2, 0.25) is 10.9 Å². The molecule has 54 heavy (non-hydrogen) atoms. The number of rotatable bonds is 33. The second-order valence-corrected chi connectivity index (χ2v) is 14.5. The number of hydrogen-bond donors (Lipinski definition) is 0. The molecule has 2 aromatic rings. The summed E-state index contributed by atoms with van der Waals surface area (Å²) >= 11 is 0. The fourth-order valence-electron chi connectivity index (χ4n) is 6.23. The van der Waals surface area contributed by atoms with E-state index >= 15 is 0 Å². The van der Waals surface area contributed by atoms with Crippen LogP contribution in [0.25, 0.3) is 0 Å². The summed E-state index contributed by atoms with van der Waals surface area (Å²) in [4.78, 5) is 49.7. The van der Waals surface area contributed by atoms with Crippen LogP contribution in [0.4, 0.5) is 0 Å². The first-order chi connectivity index (χ1) is 26.4. The van der Waals surface area contributed by atoms with E-state index in [1.807, 2.05) is 0 Å². The molecular weight excluding hydrogens is 680 g/mol. The van der Waals surface area contributed by atoms with Crippen molar-refractivity contribution in [3.8, 4) is 23.0 Å². The predicted octanol–water partition coefficient (Wildman–Crippen LogP) is 11.9. The van der Waals surface area contributed by atoms with Gasteiger partial charge in [-0.3, -0.25) is 19.2 Å². The summed E-state index contributed by atoms with van der Waals surface area (Å²) in [6, 6.07) is 12.1. The molecule has 0 saturated carbocycles. The summed E-state index contributed by atoms with van der Waals surface area (Å²) in [6.07, 6.45) is 28.6. The second-order valence-electron chi connectivity index (χ2n) is 14.5. The molecule has 0 fully saturated rings. The van der Waals surface area contributed by atoms with E-state index in [9.17, 15) is 19.2 Å². The molecule has 0 N–H and O–H groups in total. The lowest BCUT2D eigenvalue weighted by Gasteiger charge is -2.05. The molecule has 0 aliphatic rings. The molecule has 0 aliphatic heterocycles. The Kier molecular flexibility index (Phi) is 27.2. The molecule has 0 amide bonds. The van der Waals surface area contributed by atoms with E-state index in [4.69, 9.17) is 18.9 Å². The van der Waals surface area contributed by atoms with Crippen molar-refractivity contribution in [2.75, 3.05) is 13.2 Å². The summed E-state index contributed by atoms with van der Waals surface area (Å²) in [7, 11) is 0. The van der Waals surface area contributed by atoms with E-state index in [-0.39, 0.29) is 29.8 Å². The molecular formula is C46H70O8. The number of hydrogen-bond acceptors (Lipinski definition) is 8. The highest BCUT2D eigenvalue weighted by Gasteiger charge is 2.10. The Hall–Kier alpha value is -3.68. The Morgan fingerprint density at radius 3 is 1.07 bits per heavy atom. The number of carbonyl (C=O) groups is 2. The van der Waals surface area contributed by atoms with Gasteiger partial charge in [-0.05, 0) is 74.2 Å². The molecule has 0 heterocycles. The van der Waals surface area contributed by atoms with Gasteiger partial charge in [0.25, 0.3) is 0 Å². The molecule has 0 unspecified atom stereocenters. The fraction of sp³-hybridized carbons (Fsp3) is 0.652. The molecule has 8 heteroatoms. The standard InChI is InChI=1S/C46H70O8/c1-3-5-7-9-11-13-15-17-19-21-23-27-45(49)53-43-36-32-40(30-34-41(43)47)52-38-26-24-28-46(50)54-44-35-31-39(29-33-42(44)48)51-37-25-22-20-18-16-14-12-10-8-6-4-2/h29-36H,3-28,37-38H2,1-2H3. The predicted molar refractivity (Wildman–Crippen MR) is 219 cm³/mol. The zero-order valence-electron chi connectivity index (χ0n) is 33.7. The van der Waals surface area contributed by atoms with E-state index in [1.165, 1.54) is 133 Å². The topological polar surface area (TPSA) is 105 Å². The van der Waals surface area contributed by atoms with Crippen molar-refractivity contribution >= 4 is 11.9 Å². The lowest BCUT2D eigenvalue weighted by Crippen LogP contribution is -2.13. The SMILES string of the molecule is CCCCCCCCCCCCCOc1ccc(OC(=O)CCCCOc2ccc(OC(=O)CCCCCCCCCCCCC)c(=O)cc2)c(=O)cc1. The summed E-state index contributed by atoms with van der Waals surface area (Å²) in [5.74, 6) is 0.0830. The first kappa shape index (κ1) is 46.5. The Bertz CT molecular complexity index is 1410. The molecule has 0 spiro atoms. The Morgan fingerprint density at radius 2 is 0.685 bits per heavy atom. The van der Waals surface area contributed by atoms with Crippen molar-refractivity contribution in [1.82, 2.24) is 0 Å². The minimum atomic E-state index is -0.497. The fourth-order valence-corrected chi connectivity index (χ4v) is 6.23. The quantitative estimate of drug-likeness (QED) is 0.0524. The highest BCUT2D eigenvalue weighted by atomic mass is 16.5. The van der Waals surface area contributed by atoms with Gasteiger partial charge < -0.3 is 18.9 Å². The van der Waals surface area contributed by atoms with Crippen LogP contribution in [-0.2, 0) is 9.59 Å². The van der Waals surface area contributed by atoms with Gasteiger partial charge in [-0.15, -0.1) is 0 Å². The number of ether oxygens (including phenoxy) is 4. The number of unbranched alkanes of at least 4 members (excludes halogenated alkanes) is 21. The molecule has 0 aliphatic carbocycles. The van der Waals surface area contributed by atoms with Gasteiger partial charge in [0.1, 0.15) is 11.5 Å². The highest BCUT2D eigenvalue weighted by molar-refractivity contribution is 5.72. The summed E-state index contributed by atoms with van der Waals surface area (Å²) in [5.41, 5.74) is -0.778. The third-order valence-electron chi connectivity index (χ3n) is 9.57. The van der Waals surface area contributed by atoms with E-state index in [0.717, 1.165) is 32.1 Å². The Morgan fingerprint density at radius 1 is 0.389 bits per heavy atom. The van der Waals surface area contributed by atoms with E-state index in [0.29, 0.717) is 37.6 Å². The zero-order chi connectivity index (χ0) is 38.9. The molecule has 0 aromatic heterocycles. The van der Waals surface area contributed by atoms with Crippen LogP contribution >= 0.6 is 0 Å². The first-order valence-corrected chi connectivity index (χ1v) is 21.4. The molecule has 2 aromatic carbocycles. The van der Waals surface area contributed by atoms with Gasteiger partial charge in [0.05, 0.1) is 13.2 Å². The van der Waals surface area contributed by atoms with E-state index < -0.39 is 17.4 Å². The van der Waals surface area contributed by atoms with Crippen molar-refractivity contribution in [1.29, 1.82) is 0 Å². The van der Waals surface area contributed by atoms with E-state index in [1.54, 1.807) is 24.3 Å². The molecule has 302 valence electrons. The van der Waals surface area contributed by atoms with Crippen LogP contribution in [0.2, 0.25) is 0 Å². The summed E-state index contributed by atoms with van der Waals surface area (Å²) in [6.45, 7) is 5.38. The molecule has 0 atom stereocenters. The maximum Gasteiger partial charge on any atom is 0.311 e. The van der Waals surface area contributed by atoms with Crippen LogP contribution in [0.15, 0.2) is 58.1 Å². The normalized spacial score (nSPS) is 10.9. The molecule has 0 bridgehead atoms. The monoisotopic (exact) mass is 751 g/mol. The summed E-state index contributed by atoms with van der Waals surface area (Å²) in [5, 5.41) is 0. The van der Waals surface area contributed by atoms with Gasteiger partial charge in [-0.1, -0.05) is 142 Å².